The highest BCUT2D eigenvalue weighted by Crippen LogP contribution is 2.18. The molecule has 2 aromatic rings. The fraction of sp³-hybridized carbons (Fsp3) is 0.312. The number of fused-ring (bicyclic) bond motifs is 1. The lowest BCUT2D eigenvalue weighted by molar-refractivity contribution is -0.137. The van der Waals surface area contributed by atoms with Gasteiger partial charge in [0, 0.05) is 35.4 Å². The van der Waals surface area contributed by atoms with Crippen molar-refractivity contribution in [1.82, 2.24) is 10.3 Å². The molecule has 1 aromatic carbocycles. The summed E-state index contributed by atoms with van der Waals surface area (Å²) >= 11 is 0. The fourth-order valence-electron chi connectivity index (χ4n) is 2.11. The van der Waals surface area contributed by atoms with E-state index in [-0.39, 0.29) is 12.5 Å². The van der Waals surface area contributed by atoms with E-state index >= 15 is 0 Å². The number of hydrogen-bond donors (Lipinski definition) is 3. The summed E-state index contributed by atoms with van der Waals surface area (Å²) in [5, 5.41) is 16.2. The van der Waals surface area contributed by atoms with E-state index in [0.717, 1.165) is 10.8 Å². The number of carboxylic acid groups (broad SMARTS) is 1. The normalized spacial score (nSPS) is 11.2. The molecule has 3 N–H and O–H groups in total. The molecule has 0 fully saturated rings. The van der Waals surface area contributed by atoms with Gasteiger partial charge in [0.25, 0.3) is 0 Å². The number of rotatable bonds is 5. The molecule has 0 saturated heterocycles. The Kier molecular flexibility index (Phi) is 4.60. The van der Waals surface area contributed by atoms with Gasteiger partial charge in [-0.15, -0.1) is 0 Å². The maximum atomic E-state index is 12.0. The number of carboxylic acids is 1. The first-order valence-corrected chi connectivity index (χ1v) is 7.00. The van der Waals surface area contributed by atoms with Crippen LogP contribution in [0.1, 0.15) is 26.7 Å². The molecule has 1 heterocycles. The second-order valence-electron chi connectivity index (χ2n) is 5.79. The number of hydrogen-bond acceptors (Lipinski definition) is 3. The number of pyridine rings is 1. The summed E-state index contributed by atoms with van der Waals surface area (Å²) in [7, 11) is 0. The third kappa shape index (κ3) is 4.44. The molecule has 0 radical (unpaired) electrons. The van der Waals surface area contributed by atoms with Gasteiger partial charge in [-0.05, 0) is 43.9 Å². The number of carbonyl (C=O) groups is 2. The van der Waals surface area contributed by atoms with Crippen LogP contribution in [0.2, 0.25) is 0 Å². The van der Waals surface area contributed by atoms with Crippen LogP contribution in [0.4, 0.5) is 10.5 Å². The van der Waals surface area contributed by atoms with E-state index in [1.165, 1.54) is 0 Å². The Bertz CT molecular complexity index is 698. The summed E-state index contributed by atoms with van der Waals surface area (Å²) in [6, 6.07) is 7.06. The second kappa shape index (κ2) is 6.43. The minimum Gasteiger partial charge on any atom is -0.481 e. The average molecular weight is 301 g/mol. The molecule has 22 heavy (non-hydrogen) atoms. The molecule has 2 amide bonds. The molecule has 0 spiro atoms. The molecule has 0 bridgehead atoms. The molecule has 6 heteroatoms. The average Bonchev–Trinajstić information content (AvgIpc) is 2.44. The second-order valence-corrected chi connectivity index (χ2v) is 5.79. The van der Waals surface area contributed by atoms with Gasteiger partial charge in [-0.2, -0.15) is 0 Å². The molecule has 0 atom stereocenters. The van der Waals surface area contributed by atoms with Crippen molar-refractivity contribution in [3.8, 4) is 0 Å². The number of nitrogens with zero attached hydrogens (tertiary/aromatic N) is 1. The van der Waals surface area contributed by atoms with Gasteiger partial charge in [-0.25, -0.2) is 4.79 Å². The van der Waals surface area contributed by atoms with Crippen molar-refractivity contribution < 1.29 is 14.7 Å². The van der Waals surface area contributed by atoms with E-state index in [4.69, 9.17) is 5.11 Å². The lowest BCUT2D eigenvalue weighted by Crippen LogP contribution is -2.45. The number of nitrogens with one attached hydrogen (secondary N) is 2. The third-order valence-corrected chi connectivity index (χ3v) is 3.31. The van der Waals surface area contributed by atoms with Crippen molar-refractivity contribution in [1.29, 1.82) is 0 Å². The lowest BCUT2D eigenvalue weighted by atomic mass is 9.99. The van der Waals surface area contributed by atoms with Crippen LogP contribution in [0.5, 0.6) is 0 Å². The third-order valence-electron chi connectivity index (χ3n) is 3.31. The Hall–Kier alpha value is -2.63. The van der Waals surface area contributed by atoms with E-state index in [1.807, 2.05) is 18.2 Å². The number of benzene rings is 1. The molecular weight excluding hydrogens is 282 g/mol. The number of carbonyl (C=O) groups excluding carboxylic acids is 1. The molecule has 0 aliphatic carbocycles. The summed E-state index contributed by atoms with van der Waals surface area (Å²) in [5.74, 6) is -0.876. The van der Waals surface area contributed by atoms with E-state index in [2.05, 4.69) is 15.6 Å². The van der Waals surface area contributed by atoms with E-state index in [9.17, 15) is 9.59 Å². The van der Waals surface area contributed by atoms with Gasteiger partial charge in [0.2, 0.25) is 0 Å². The minimum atomic E-state index is -0.876. The topological polar surface area (TPSA) is 91.3 Å². The van der Waals surface area contributed by atoms with Crippen LogP contribution in [-0.4, -0.2) is 27.6 Å². The van der Waals surface area contributed by atoms with Crippen molar-refractivity contribution in [2.75, 3.05) is 5.32 Å². The van der Waals surface area contributed by atoms with E-state index < -0.39 is 11.5 Å². The number of urea groups is 1. The molecule has 0 aliphatic heterocycles. The van der Waals surface area contributed by atoms with Crippen LogP contribution < -0.4 is 10.6 Å². The van der Waals surface area contributed by atoms with Gasteiger partial charge in [-0.3, -0.25) is 9.78 Å². The highest BCUT2D eigenvalue weighted by Gasteiger charge is 2.21. The first-order valence-electron chi connectivity index (χ1n) is 7.00. The molecule has 0 saturated carbocycles. The lowest BCUT2D eigenvalue weighted by Gasteiger charge is -2.25. The zero-order chi connectivity index (χ0) is 16.2. The minimum absolute atomic E-state index is 0.0102. The maximum Gasteiger partial charge on any atom is 0.319 e. The summed E-state index contributed by atoms with van der Waals surface area (Å²) in [6.07, 6.45) is 3.82. The van der Waals surface area contributed by atoms with Gasteiger partial charge in [0.1, 0.15) is 0 Å². The molecule has 2 rings (SSSR count). The summed E-state index contributed by atoms with van der Waals surface area (Å²) in [6.45, 7) is 3.59. The first-order chi connectivity index (χ1) is 10.4. The van der Waals surface area contributed by atoms with Gasteiger partial charge >= 0.3 is 12.0 Å². The number of amides is 2. The van der Waals surface area contributed by atoms with Crippen LogP contribution in [0, 0.1) is 0 Å². The standard InChI is InChI=1S/C16H19N3O3/c1-16(2,7-5-14(20)21)19-15(22)18-13-4-3-12-10-17-8-6-11(12)9-13/h3-4,6,8-10H,5,7H2,1-2H3,(H,20,21)(H2,18,19,22). The predicted molar refractivity (Wildman–Crippen MR) is 84.8 cm³/mol. The van der Waals surface area contributed by atoms with Gasteiger partial charge in [0.15, 0.2) is 0 Å². The zero-order valence-electron chi connectivity index (χ0n) is 12.6. The predicted octanol–water partition coefficient (Wildman–Crippen LogP) is 3.00. The van der Waals surface area contributed by atoms with Crippen molar-refractivity contribution in [3.05, 3.63) is 36.7 Å². The Labute approximate surface area is 128 Å². The molecule has 0 unspecified atom stereocenters. The van der Waals surface area contributed by atoms with Gasteiger partial charge < -0.3 is 15.7 Å². The monoisotopic (exact) mass is 301 g/mol. The van der Waals surface area contributed by atoms with E-state index in [0.29, 0.717) is 12.1 Å². The van der Waals surface area contributed by atoms with Crippen molar-refractivity contribution in [3.63, 3.8) is 0 Å². The Morgan fingerprint density at radius 1 is 1.23 bits per heavy atom. The van der Waals surface area contributed by atoms with Gasteiger partial charge in [-0.1, -0.05) is 6.07 Å². The quantitative estimate of drug-likeness (QED) is 0.791. The largest absolute Gasteiger partial charge is 0.481 e. The van der Waals surface area contributed by atoms with Crippen LogP contribution >= 0.6 is 0 Å². The summed E-state index contributed by atoms with van der Waals surface area (Å²) in [5.41, 5.74) is 0.0775. The number of anilines is 1. The molecular formula is C16H19N3O3. The van der Waals surface area contributed by atoms with Crippen LogP contribution in [-0.2, 0) is 4.79 Å². The van der Waals surface area contributed by atoms with Gasteiger partial charge in [0.05, 0.1) is 0 Å². The van der Waals surface area contributed by atoms with Crippen molar-refractivity contribution in [2.45, 2.75) is 32.2 Å². The molecule has 0 aliphatic rings. The SMILES string of the molecule is CC(C)(CCC(=O)O)NC(=O)Nc1ccc2cnccc2c1. The Morgan fingerprint density at radius 3 is 2.73 bits per heavy atom. The van der Waals surface area contributed by atoms with Crippen LogP contribution in [0.15, 0.2) is 36.7 Å². The zero-order valence-corrected chi connectivity index (χ0v) is 12.6. The highest BCUT2D eigenvalue weighted by atomic mass is 16.4. The maximum absolute atomic E-state index is 12.0. The number of aliphatic carboxylic acids is 1. The van der Waals surface area contributed by atoms with Crippen molar-refractivity contribution in [2.24, 2.45) is 0 Å². The summed E-state index contributed by atoms with van der Waals surface area (Å²) in [4.78, 5) is 26.7. The van der Waals surface area contributed by atoms with Crippen LogP contribution in [0.3, 0.4) is 0 Å². The Balaban J connectivity index is 1.99. The fourth-order valence-corrected chi connectivity index (χ4v) is 2.11. The molecule has 6 nitrogen and oxygen atoms in total. The number of aromatic nitrogens is 1. The molecule has 1 aromatic heterocycles. The highest BCUT2D eigenvalue weighted by molar-refractivity contribution is 5.93. The van der Waals surface area contributed by atoms with E-state index in [1.54, 1.807) is 32.3 Å². The van der Waals surface area contributed by atoms with Crippen LogP contribution in [0.25, 0.3) is 10.8 Å². The smallest absolute Gasteiger partial charge is 0.319 e. The first kappa shape index (κ1) is 15.8. The molecule has 116 valence electrons. The Morgan fingerprint density at radius 2 is 2.00 bits per heavy atom. The summed E-state index contributed by atoms with van der Waals surface area (Å²) < 4.78 is 0. The van der Waals surface area contributed by atoms with Crippen molar-refractivity contribution >= 4 is 28.5 Å².